The van der Waals surface area contributed by atoms with E-state index in [9.17, 15) is 4.79 Å². The Morgan fingerprint density at radius 1 is 1.64 bits per heavy atom. The number of alkyl halides is 1. The van der Waals surface area contributed by atoms with Crippen molar-refractivity contribution in [3.63, 3.8) is 0 Å². The van der Waals surface area contributed by atoms with Crippen LogP contribution in [0.1, 0.15) is 10.5 Å². The highest BCUT2D eigenvalue weighted by molar-refractivity contribution is 9.09. The van der Waals surface area contributed by atoms with Gasteiger partial charge in [-0.15, -0.1) is 0 Å². The summed E-state index contributed by atoms with van der Waals surface area (Å²) in [5.41, 5.74) is 0.463. The van der Waals surface area contributed by atoms with E-state index in [1.54, 1.807) is 6.07 Å². The van der Waals surface area contributed by atoms with Crippen molar-refractivity contribution >= 4 is 21.8 Å². The second-order valence-corrected chi connectivity index (χ2v) is 3.32. The topological polar surface area (TPSA) is 67.0 Å². The Labute approximate surface area is 90.3 Å². The van der Waals surface area contributed by atoms with Crippen molar-refractivity contribution in [1.29, 1.82) is 0 Å². The van der Waals surface area contributed by atoms with Crippen molar-refractivity contribution in [2.75, 3.05) is 25.1 Å². The zero-order valence-corrected chi connectivity index (χ0v) is 9.21. The fourth-order valence-corrected chi connectivity index (χ4v) is 1.10. The summed E-state index contributed by atoms with van der Waals surface area (Å²) in [5.74, 6) is -0.162. The lowest BCUT2D eigenvalue weighted by atomic mass is 10.4. The van der Waals surface area contributed by atoms with Crippen LogP contribution >= 0.6 is 15.9 Å². The summed E-state index contributed by atoms with van der Waals surface area (Å²) in [6.45, 7) is 1.68. The van der Waals surface area contributed by atoms with Crippen LogP contribution in [0.15, 0.2) is 12.3 Å². The predicted octanol–water partition coefficient (Wildman–Crippen LogP) is 0.551. The molecule has 0 unspecified atom stereocenters. The van der Waals surface area contributed by atoms with Gasteiger partial charge in [-0.25, -0.2) is 0 Å². The summed E-state index contributed by atoms with van der Waals surface area (Å²) in [6.07, 6.45) is 1.54. The number of nitrogens with one attached hydrogen (secondary N) is 2. The van der Waals surface area contributed by atoms with Crippen LogP contribution < -0.4 is 5.32 Å². The summed E-state index contributed by atoms with van der Waals surface area (Å²) in [4.78, 5) is 11.3. The molecular formula is C8H12BrN3O2. The van der Waals surface area contributed by atoms with Gasteiger partial charge >= 0.3 is 0 Å². The first-order valence-corrected chi connectivity index (χ1v) is 5.38. The maximum Gasteiger partial charge on any atom is 0.269 e. The molecule has 1 amide bonds. The standard InChI is InChI=1S/C8H12BrN3O2/c9-2-5-14-6-4-10-8(13)7-1-3-11-12-7/h1,3H,2,4-6H2,(H,10,13)(H,11,12). The largest absolute Gasteiger partial charge is 0.379 e. The molecule has 0 bridgehead atoms. The number of carbonyl (C=O) groups excluding carboxylic acids is 1. The number of ether oxygens (including phenoxy) is 1. The van der Waals surface area contributed by atoms with Gasteiger partial charge in [0.15, 0.2) is 0 Å². The Morgan fingerprint density at radius 2 is 2.50 bits per heavy atom. The van der Waals surface area contributed by atoms with Gasteiger partial charge in [0, 0.05) is 18.1 Å². The predicted molar refractivity (Wildman–Crippen MR) is 55.5 cm³/mol. The van der Waals surface area contributed by atoms with E-state index < -0.39 is 0 Å². The Kier molecular flexibility index (Phi) is 5.24. The van der Waals surface area contributed by atoms with Gasteiger partial charge in [-0.3, -0.25) is 9.89 Å². The number of H-pyrrole nitrogens is 1. The monoisotopic (exact) mass is 261 g/mol. The lowest BCUT2D eigenvalue weighted by Gasteiger charge is -2.03. The first-order valence-electron chi connectivity index (χ1n) is 4.26. The zero-order valence-electron chi connectivity index (χ0n) is 7.62. The lowest BCUT2D eigenvalue weighted by Crippen LogP contribution is -2.27. The van der Waals surface area contributed by atoms with Gasteiger partial charge in [-0.05, 0) is 6.07 Å². The number of rotatable bonds is 6. The van der Waals surface area contributed by atoms with Crippen molar-refractivity contribution in [1.82, 2.24) is 15.5 Å². The molecule has 0 saturated carbocycles. The first-order chi connectivity index (χ1) is 6.84. The van der Waals surface area contributed by atoms with Gasteiger partial charge in [0.05, 0.1) is 13.2 Å². The van der Waals surface area contributed by atoms with E-state index in [4.69, 9.17) is 4.74 Å². The average Bonchev–Trinajstić information content (AvgIpc) is 2.70. The number of nitrogens with zero attached hydrogens (tertiary/aromatic N) is 1. The molecule has 0 fully saturated rings. The second-order valence-electron chi connectivity index (χ2n) is 2.53. The molecule has 0 aliphatic rings. The van der Waals surface area contributed by atoms with E-state index in [0.29, 0.717) is 25.5 Å². The second kappa shape index (κ2) is 6.56. The van der Waals surface area contributed by atoms with Gasteiger partial charge in [0.1, 0.15) is 5.69 Å². The fraction of sp³-hybridized carbons (Fsp3) is 0.500. The zero-order chi connectivity index (χ0) is 10.2. The first kappa shape index (κ1) is 11.2. The van der Waals surface area contributed by atoms with Crippen LogP contribution in [0.25, 0.3) is 0 Å². The normalized spacial score (nSPS) is 10.1. The number of carbonyl (C=O) groups is 1. The van der Waals surface area contributed by atoms with E-state index in [1.807, 2.05) is 0 Å². The summed E-state index contributed by atoms with van der Waals surface area (Å²) < 4.78 is 5.16. The summed E-state index contributed by atoms with van der Waals surface area (Å²) >= 11 is 3.24. The molecule has 0 aliphatic heterocycles. The Bertz CT molecular complexity index is 264. The van der Waals surface area contributed by atoms with E-state index >= 15 is 0 Å². The molecule has 78 valence electrons. The number of aromatic nitrogens is 2. The molecule has 0 saturated heterocycles. The number of hydrogen-bond donors (Lipinski definition) is 2. The number of aromatic amines is 1. The number of hydrogen-bond acceptors (Lipinski definition) is 3. The highest BCUT2D eigenvalue weighted by atomic mass is 79.9. The van der Waals surface area contributed by atoms with Crippen LogP contribution in [-0.4, -0.2) is 41.2 Å². The third-order valence-electron chi connectivity index (χ3n) is 1.50. The minimum Gasteiger partial charge on any atom is -0.379 e. The molecule has 6 heteroatoms. The molecule has 2 N–H and O–H groups in total. The van der Waals surface area contributed by atoms with Gasteiger partial charge in [-0.1, -0.05) is 15.9 Å². The van der Waals surface area contributed by atoms with Gasteiger partial charge in [0.25, 0.3) is 5.91 Å². The molecule has 1 aromatic heterocycles. The van der Waals surface area contributed by atoms with Crippen molar-refractivity contribution in [2.45, 2.75) is 0 Å². The van der Waals surface area contributed by atoms with Crippen molar-refractivity contribution in [3.05, 3.63) is 18.0 Å². The van der Waals surface area contributed by atoms with Crippen LogP contribution in [-0.2, 0) is 4.74 Å². The summed E-state index contributed by atoms with van der Waals surface area (Å²) in [6, 6.07) is 1.62. The number of halogens is 1. The van der Waals surface area contributed by atoms with E-state index in [-0.39, 0.29) is 5.91 Å². The Morgan fingerprint density at radius 3 is 3.14 bits per heavy atom. The van der Waals surface area contributed by atoms with Crippen LogP contribution in [0.4, 0.5) is 0 Å². The van der Waals surface area contributed by atoms with Gasteiger partial charge in [-0.2, -0.15) is 5.10 Å². The minimum atomic E-state index is -0.162. The van der Waals surface area contributed by atoms with Gasteiger partial charge in [0.2, 0.25) is 0 Å². The summed E-state index contributed by atoms with van der Waals surface area (Å²) in [5, 5.41) is 9.76. The third-order valence-corrected chi connectivity index (χ3v) is 1.82. The van der Waals surface area contributed by atoms with Crippen molar-refractivity contribution in [3.8, 4) is 0 Å². The summed E-state index contributed by atoms with van der Waals surface area (Å²) in [7, 11) is 0. The molecule has 0 spiro atoms. The molecule has 1 aromatic rings. The SMILES string of the molecule is O=C(NCCOCCBr)c1ccn[nH]1. The maximum atomic E-state index is 11.3. The quantitative estimate of drug-likeness (QED) is 0.581. The number of amides is 1. The highest BCUT2D eigenvalue weighted by Gasteiger charge is 2.04. The smallest absolute Gasteiger partial charge is 0.269 e. The molecule has 0 radical (unpaired) electrons. The average molecular weight is 262 g/mol. The van der Waals surface area contributed by atoms with Crippen molar-refractivity contribution < 1.29 is 9.53 Å². The van der Waals surface area contributed by atoms with Crippen LogP contribution in [0.5, 0.6) is 0 Å². The molecule has 0 aromatic carbocycles. The highest BCUT2D eigenvalue weighted by Crippen LogP contribution is 1.90. The van der Waals surface area contributed by atoms with Crippen LogP contribution in [0, 0.1) is 0 Å². The lowest BCUT2D eigenvalue weighted by molar-refractivity contribution is 0.0919. The molecule has 5 nitrogen and oxygen atoms in total. The molecule has 1 rings (SSSR count). The van der Waals surface area contributed by atoms with Crippen molar-refractivity contribution in [2.24, 2.45) is 0 Å². The maximum absolute atomic E-state index is 11.3. The van der Waals surface area contributed by atoms with E-state index in [1.165, 1.54) is 6.20 Å². The molecule has 0 aliphatic carbocycles. The van der Waals surface area contributed by atoms with Gasteiger partial charge < -0.3 is 10.1 Å². The fourth-order valence-electron chi connectivity index (χ4n) is 0.871. The van der Waals surface area contributed by atoms with Crippen LogP contribution in [0.2, 0.25) is 0 Å². The molecule has 1 heterocycles. The third kappa shape index (κ3) is 3.89. The molecular weight excluding hydrogens is 250 g/mol. The van der Waals surface area contributed by atoms with E-state index in [0.717, 1.165) is 5.33 Å². The van der Waals surface area contributed by atoms with Crippen LogP contribution in [0.3, 0.4) is 0 Å². The molecule has 14 heavy (non-hydrogen) atoms. The Hall–Kier alpha value is -0.880. The molecule has 0 atom stereocenters. The Balaban J connectivity index is 2.10. The minimum absolute atomic E-state index is 0.162. The van der Waals surface area contributed by atoms with E-state index in [2.05, 4.69) is 31.4 Å².